The van der Waals surface area contributed by atoms with Crippen molar-refractivity contribution >= 4 is 17.8 Å². The molecule has 0 aliphatic carbocycles. The zero-order chi connectivity index (χ0) is 23.7. The fraction of sp³-hybridized carbons (Fsp3) is 0.792. The molecule has 1 N–H and O–H groups in total. The Balaban J connectivity index is 2.07. The topological polar surface area (TPSA) is 96.4 Å². The summed E-state index contributed by atoms with van der Waals surface area (Å²) in [6.07, 6.45) is 4.34. The Morgan fingerprint density at radius 2 is 2.09 bits per heavy atom. The third-order valence-corrected chi connectivity index (χ3v) is 7.59. The lowest BCUT2D eigenvalue weighted by molar-refractivity contribution is -0.162. The standard InChI is InChI=1S/C24H38N2O6/c1-6-9-12-25(11-7-2)21(29)19-24-15-16(4)23(5,32-24)18(22(30)31-8-3)17(24)20(28)26(19)13-10-14-27/h7,16-19,27H,2,6,8-15H2,1,3-5H3/t16?,17-,18-,19?,23+,24?/m0/s1. The Bertz CT molecular complexity index is 757. The number of nitrogens with zero attached hydrogens (tertiary/aromatic N) is 2. The molecule has 3 fully saturated rings. The summed E-state index contributed by atoms with van der Waals surface area (Å²) >= 11 is 0. The zero-order valence-corrected chi connectivity index (χ0v) is 19.8. The van der Waals surface area contributed by atoms with E-state index in [-0.39, 0.29) is 37.5 Å². The van der Waals surface area contributed by atoms with Crippen molar-refractivity contribution in [2.45, 2.75) is 70.6 Å². The van der Waals surface area contributed by atoms with Gasteiger partial charge >= 0.3 is 5.97 Å². The molecule has 3 rings (SSSR count). The summed E-state index contributed by atoms with van der Waals surface area (Å²) in [7, 11) is 0. The first-order valence-electron chi connectivity index (χ1n) is 11.9. The maximum absolute atomic E-state index is 13.9. The minimum absolute atomic E-state index is 0.0162. The number of aliphatic hydroxyl groups excluding tert-OH is 1. The summed E-state index contributed by atoms with van der Waals surface area (Å²) in [5.41, 5.74) is -1.93. The number of fused-ring (bicyclic) bond motifs is 1. The summed E-state index contributed by atoms with van der Waals surface area (Å²) in [5.74, 6) is -2.39. The number of carbonyl (C=O) groups is 3. The Morgan fingerprint density at radius 3 is 2.69 bits per heavy atom. The van der Waals surface area contributed by atoms with Gasteiger partial charge in [-0.05, 0) is 39.0 Å². The number of rotatable bonds is 11. The minimum Gasteiger partial charge on any atom is -0.466 e. The molecule has 3 aliphatic heterocycles. The lowest BCUT2D eigenvalue weighted by Crippen LogP contribution is -2.56. The van der Waals surface area contributed by atoms with E-state index in [0.717, 1.165) is 12.8 Å². The van der Waals surface area contributed by atoms with E-state index < -0.39 is 35.0 Å². The highest BCUT2D eigenvalue weighted by atomic mass is 16.6. The smallest absolute Gasteiger partial charge is 0.312 e. The van der Waals surface area contributed by atoms with Gasteiger partial charge in [0.25, 0.3) is 0 Å². The molecule has 180 valence electrons. The highest BCUT2D eigenvalue weighted by Gasteiger charge is 2.80. The molecule has 3 saturated heterocycles. The van der Waals surface area contributed by atoms with Gasteiger partial charge in [0, 0.05) is 26.2 Å². The lowest BCUT2D eigenvalue weighted by atomic mass is 9.62. The zero-order valence-electron chi connectivity index (χ0n) is 19.8. The largest absolute Gasteiger partial charge is 0.466 e. The minimum atomic E-state index is -1.07. The first-order chi connectivity index (χ1) is 15.2. The molecule has 8 nitrogen and oxygen atoms in total. The van der Waals surface area contributed by atoms with Crippen LogP contribution in [0.1, 0.15) is 53.4 Å². The highest BCUT2D eigenvalue weighted by molar-refractivity contribution is 5.98. The summed E-state index contributed by atoms with van der Waals surface area (Å²) in [4.78, 5) is 44.0. The molecule has 8 heteroatoms. The van der Waals surface area contributed by atoms with E-state index in [0.29, 0.717) is 25.9 Å². The second kappa shape index (κ2) is 9.51. The Kier molecular flexibility index (Phi) is 7.34. The number of amides is 2. The average Bonchev–Trinajstić information content (AvgIpc) is 3.26. The Morgan fingerprint density at radius 1 is 1.38 bits per heavy atom. The maximum Gasteiger partial charge on any atom is 0.312 e. The van der Waals surface area contributed by atoms with Gasteiger partial charge in [0.1, 0.15) is 17.6 Å². The quantitative estimate of drug-likeness (QED) is 0.381. The molecule has 3 unspecified atom stereocenters. The van der Waals surface area contributed by atoms with Crippen molar-refractivity contribution in [1.82, 2.24) is 9.80 Å². The number of carbonyl (C=O) groups excluding carboxylic acids is 3. The van der Waals surface area contributed by atoms with Crippen LogP contribution in [-0.4, -0.2) is 82.8 Å². The third-order valence-electron chi connectivity index (χ3n) is 7.59. The SMILES string of the molecule is C=CCN(CCCC)C(=O)C1N(CCCO)C(=O)[C@@H]2[C@@H](C(=O)OCC)[C@]3(C)OC12CC3C. The number of unbranched alkanes of at least 4 members (excludes halogenated alkanes) is 1. The number of hydrogen-bond acceptors (Lipinski definition) is 6. The molecule has 1 spiro atoms. The van der Waals surface area contributed by atoms with Crippen LogP contribution in [0.5, 0.6) is 0 Å². The molecule has 2 bridgehead atoms. The van der Waals surface area contributed by atoms with Crippen LogP contribution >= 0.6 is 0 Å². The Labute approximate surface area is 190 Å². The molecule has 2 amide bonds. The maximum atomic E-state index is 13.9. The van der Waals surface area contributed by atoms with Crippen LogP contribution in [0.4, 0.5) is 0 Å². The van der Waals surface area contributed by atoms with Gasteiger partial charge < -0.3 is 24.4 Å². The first-order valence-corrected chi connectivity index (χ1v) is 11.9. The van der Waals surface area contributed by atoms with Crippen LogP contribution in [0.3, 0.4) is 0 Å². The van der Waals surface area contributed by atoms with Gasteiger partial charge in [-0.2, -0.15) is 0 Å². The molecule has 0 aromatic carbocycles. The van der Waals surface area contributed by atoms with Gasteiger partial charge in [0.15, 0.2) is 0 Å². The number of hydrogen-bond donors (Lipinski definition) is 1. The molecule has 0 radical (unpaired) electrons. The molecule has 6 atom stereocenters. The van der Waals surface area contributed by atoms with Crippen LogP contribution in [0.25, 0.3) is 0 Å². The van der Waals surface area contributed by atoms with E-state index in [1.54, 1.807) is 22.8 Å². The van der Waals surface area contributed by atoms with Crippen molar-refractivity contribution in [3.63, 3.8) is 0 Å². The average molecular weight is 451 g/mol. The summed E-state index contributed by atoms with van der Waals surface area (Å²) in [5, 5.41) is 9.42. The summed E-state index contributed by atoms with van der Waals surface area (Å²) < 4.78 is 12.0. The van der Waals surface area contributed by atoms with Gasteiger partial charge in [-0.15, -0.1) is 6.58 Å². The van der Waals surface area contributed by atoms with Gasteiger partial charge in [-0.25, -0.2) is 0 Å². The number of likely N-dealkylation sites (tertiary alicyclic amines) is 1. The van der Waals surface area contributed by atoms with Crippen LogP contribution in [0.15, 0.2) is 12.7 Å². The van der Waals surface area contributed by atoms with Crippen LogP contribution in [-0.2, 0) is 23.9 Å². The van der Waals surface area contributed by atoms with E-state index in [1.807, 2.05) is 13.8 Å². The van der Waals surface area contributed by atoms with E-state index in [2.05, 4.69) is 13.5 Å². The van der Waals surface area contributed by atoms with Gasteiger partial charge in [-0.3, -0.25) is 14.4 Å². The molecule has 0 aromatic heterocycles. The van der Waals surface area contributed by atoms with E-state index >= 15 is 0 Å². The van der Waals surface area contributed by atoms with E-state index in [9.17, 15) is 19.5 Å². The fourth-order valence-corrected chi connectivity index (χ4v) is 6.06. The molecule has 0 aromatic rings. The molecular formula is C24H38N2O6. The summed E-state index contributed by atoms with van der Waals surface area (Å²) in [6, 6.07) is -0.827. The predicted molar refractivity (Wildman–Crippen MR) is 119 cm³/mol. The van der Waals surface area contributed by atoms with Crippen molar-refractivity contribution in [2.24, 2.45) is 17.8 Å². The van der Waals surface area contributed by atoms with E-state index in [1.165, 1.54) is 0 Å². The van der Waals surface area contributed by atoms with E-state index in [4.69, 9.17) is 9.47 Å². The number of aliphatic hydroxyl groups is 1. The third kappa shape index (κ3) is 3.65. The van der Waals surface area contributed by atoms with Gasteiger partial charge in [0.05, 0.1) is 18.1 Å². The summed E-state index contributed by atoms with van der Waals surface area (Å²) in [6.45, 7) is 12.8. The molecule has 3 aliphatic rings. The van der Waals surface area contributed by atoms with Crippen molar-refractivity contribution in [3.05, 3.63) is 12.7 Å². The van der Waals surface area contributed by atoms with Crippen molar-refractivity contribution < 1.29 is 29.0 Å². The second-order valence-corrected chi connectivity index (χ2v) is 9.49. The fourth-order valence-electron chi connectivity index (χ4n) is 6.06. The van der Waals surface area contributed by atoms with Crippen LogP contribution in [0.2, 0.25) is 0 Å². The molecular weight excluding hydrogens is 412 g/mol. The molecule has 32 heavy (non-hydrogen) atoms. The monoisotopic (exact) mass is 450 g/mol. The van der Waals surface area contributed by atoms with Gasteiger partial charge in [-0.1, -0.05) is 26.3 Å². The van der Waals surface area contributed by atoms with Crippen molar-refractivity contribution in [2.75, 3.05) is 32.8 Å². The number of esters is 1. The van der Waals surface area contributed by atoms with Crippen molar-refractivity contribution in [1.29, 1.82) is 0 Å². The first kappa shape index (κ1) is 24.7. The molecule has 0 saturated carbocycles. The number of ether oxygens (including phenoxy) is 2. The van der Waals surface area contributed by atoms with Crippen molar-refractivity contribution in [3.8, 4) is 0 Å². The predicted octanol–water partition coefficient (Wildman–Crippen LogP) is 1.76. The van der Waals surface area contributed by atoms with Gasteiger partial charge in [0.2, 0.25) is 11.8 Å². The second-order valence-electron chi connectivity index (χ2n) is 9.49. The van der Waals surface area contributed by atoms with Crippen LogP contribution < -0.4 is 0 Å². The normalized spacial score (nSPS) is 35.2. The highest BCUT2D eigenvalue weighted by Crippen LogP contribution is 2.65. The van der Waals surface area contributed by atoms with Crippen LogP contribution in [0, 0.1) is 17.8 Å². The molecule has 3 heterocycles. The lowest BCUT2D eigenvalue weighted by Gasteiger charge is -2.37. The Hall–Kier alpha value is -1.93.